The van der Waals surface area contributed by atoms with Crippen LogP contribution in [0.25, 0.3) is 0 Å². The Morgan fingerprint density at radius 2 is 1.28 bits per heavy atom. The SMILES string of the molecule is CCCCCCCCCCCCc1ccc(S(=O)(=O)[O-])cc1.Cc1cccc[n+]1Cc1ccc([N+](=O)[O-])cc1. The van der Waals surface area contributed by atoms with Crippen LogP contribution in [0.1, 0.15) is 88.0 Å². The molecule has 8 heteroatoms. The van der Waals surface area contributed by atoms with E-state index in [4.69, 9.17) is 0 Å². The largest absolute Gasteiger partial charge is 0.744 e. The van der Waals surface area contributed by atoms with Crippen LogP contribution < -0.4 is 4.57 Å². The minimum absolute atomic E-state index is 0.128. The van der Waals surface area contributed by atoms with Crippen molar-refractivity contribution in [3.63, 3.8) is 0 Å². The molecule has 0 atom stereocenters. The van der Waals surface area contributed by atoms with Crippen LogP contribution >= 0.6 is 0 Å². The minimum Gasteiger partial charge on any atom is -0.744 e. The molecule has 0 aliphatic rings. The molecule has 0 N–H and O–H groups in total. The van der Waals surface area contributed by atoms with Gasteiger partial charge in [-0.1, -0.05) is 82.9 Å². The van der Waals surface area contributed by atoms with Crippen molar-refractivity contribution in [2.45, 2.75) is 95.9 Å². The van der Waals surface area contributed by atoms with Gasteiger partial charge in [0.2, 0.25) is 0 Å². The number of nitro groups is 1. The first-order valence-corrected chi connectivity index (χ1v) is 15.3. The van der Waals surface area contributed by atoms with E-state index in [-0.39, 0.29) is 15.5 Å². The van der Waals surface area contributed by atoms with Gasteiger partial charge in [-0.3, -0.25) is 10.1 Å². The highest BCUT2D eigenvalue weighted by Crippen LogP contribution is 2.15. The van der Waals surface area contributed by atoms with Gasteiger partial charge in [0, 0.05) is 36.8 Å². The maximum atomic E-state index is 10.8. The van der Waals surface area contributed by atoms with E-state index in [0.29, 0.717) is 0 Å². The van der Waals surface area contributed by atoms with Gasteiger partial charge in [0.05, 0.1) is 9.82 Å². The quantitative estimate of drug-likeness (QED) is 0.0645. The van der Waals surface area contributed by atoms with Crippen LogP contribution in [-0.2, 0) is 23.1 Å². The second-order valence-electron chi connectivity index (χ2n) is 9.92. The molecule has 7 nitrogen and oxygen atoms in total. The van der Waals surface area contributed by atoms with Gasteiger partial charge in [0.15, 0.2) is 18.4 Å². The topological polar surface area (TPSA) is 104 Å². The molecule has 3 rings (SSSR count). The normalized spacial score (nSPS) is 11.1. The molecule has 0 spiro atoms. The van der Waals surface area contributed by atoms with E-state index in [2.05, 4.69) is 11.5 Å². The number of aryl methyl sites for hydroxylation is 2. The van der Waals surface area contributed by atoms with Crippen LogP contribution in [0.5, 0.6) is 0 Å². The zero-order valence-electron chi connectivity index (χ0n) is 23.3. The number of nitrogens with zero attached hydrogens (tertiary/aromatic N) is 2. The number of non-ortho nitro benzene ring substituents is 1. The Hall–Kier alpha value is -3.10. The van der Waals surface area contributed by atoms with E-state index < -0.39 is 10.1 Å². The van der Waals surface area contributed by atoms with E-state index in [1.165, 1.54) is 82.1 Å². The van der Waals surface area contributed by atoms with Gasteiger partial charge >= 0.3 is 0 Å². The van der Waals surface area contributed by atoms with Crippen LogP contribution in [0, 0.1) is 17.0 Å². The van der Waals surface area contributed by atoms with E-state index in [9.17, 15) is 23.1 Å². The van der Waals surface area contributed by atoms with Crippen LogP contribution in [0.2, 0.25) is 0 Å². The number of aromatic nitrogens is 1. The summed E-state index contributed by atoms with van der Waals surface area (Å²) in [5.41, 5.74) is 3.44. The number of nitro benzene ring substituents is 1. The molecule has 0 saturated heterocycles. The highest BCUT2D eigenvalue weighted by atomic mass is 32.2. The Bertz CT molecular complexity index is 1230. The average molecular weight is 555 g/mol. The van der Waals surface area contributed by atoms with Crippen LogP contribution in [-0.4, -0.2) is 17.9 Å². The maximum absolute atomic E-state index is 10.8. The monoisotopic (exact) mass is 554 g/mol. The van der Waals surface area contributed by atoms with E-state index >= 15 is 0 Å². The van der Waals surface area contributed by atoms with Gasteiger partial charge < -0.3 is 4.55 Å². The molecular formula is C31H42N2O5S. The van der Waals surface area contributed by atoms with E-state index in [1.807, 2.05) is 31.3 Å². The minimum atomic E-state index is -4.31. The standard InChI is InChI=1S/C18H30O3S.C13H13N2O2/c1-2-3-4-5-6-7-8-9-10-11-12-17-13-15-18(16-14-17)22(19,20)21;1-11-4-2-3-9-14(11)10-12-5-7-13(8-6-12)15(16)17/h13-16H,2-12H2,1H3,(H,19,20,21);2-9H,10H2,1H3/q;+1/p-1. The van der Waals surface area contributed by atoms with Gasteiger partial charge in [0.1, 0.15) is 10.1 Å². The van der Waals surface area contributed by atoms with Crippen LogP contribution in [0.3, 0.4) is 0 Å². The molecule has 0 aliphatic heterocycles. The molecular weight excluding hydrogens is 512 g/mol. The maximum Gasteiger partial charge on any atom is 0.269 e. The molecule has 212 valence electrons. The first kappa shape index (κ1) is 32.1. The molecule has 0 bridgehead atoms. The lowest BCUT2D eigenvalue weighted by Crippen LogP contribution is -2.36. The number of benzene rings is 2. The molecule has 0 aliphatic carbocycles. The lowest BCUT2D eigenvalue weighted by molar-refractivity contribution is -0.694. The third kappa shape index (κ3) is 13.0. The summed E-state index contributed by atoms with van der Waals surface area (Å²) < 4.78 is 34.6. The Labute approximate surface area is 233 Å². The highest BCUT2D eigenvalue weighted by molar-refractivity contribution is 7.85. The highest BCUT2D eigenvalue weighted by Gasteiger charge is 2.08. The van der Waals surface area contributed by atoms with Gasteiger partial charge in [-0.15, -0.1) is 0 Å². The summed E-state index contributed by atoms with van der Waals surface area (Å²) in [5, 5.41) is 10.5. The number of hydrogen-bond acceptors (Lipinski definition) is 5. The predicted octanol–water partition coefficient (Wildman–Crippen LogP) is 7.29. The summed E-state index contributed by atoms with van der Waals surface area (Å²) in [6, 6.07) is 19.0. The van der Waals surface area contributed by atoms with Crippen LogP contribution in [0.15, 0.2) is 77.8 Å². The summed E-state index contributed by atoms with van der Waals surface area (Å²) in [6.07, 6.45) is 16.0. The van der Waals surface area contributed by atoms with Gasteiger partial charge in [-0.2, -0.15) is 4.57 Å². The second kappa shape index (κ2) is 17.5. The first-order chi connectivity index (χ1) is 18.7. The van der Waals surface area contributed by atoms with Crippen molar-refractivity contribution in [1.82, 2.24) is 0 Å². The summed E-state index contributed by atoms with van der Waals surface area (Å²) in [6.45, 7) is 5.00. The van der Waals surface area contributed by atoms with E-state index in [0.717, 1.165) is 36.2 Å². The Balaban J connectivity index is 0.000000282. The molecule has 3 aromatic rings. The van der Waals surface area contributed by atoms with Gasteiger partial charge in [0.25, 0.3) is 5.69 Å². The number of rotatable bonds is 15. The third-order valence-electron chi connectivity index (χ3n) is 6.70. The van der Waals surface area contributed by atoms with Crippen molar-refractivity contribution >= 4 is 15.8 Å². The Morgan fingerprint density at radius 1 is 0.744 bits per heavy atom. The average Bonchev–Trinajstić information content (AvgIpc) is 2.91. The summed E-state index contributed by atoms with van der Waals surface area (Å²) in [4.78, 5) is 10.0. The van der Waals surface area contributed by atoms with Crippen molar-refractivity contribution in [2.75, 3.05) is 0 Å². The molecule has 0 unspecified atom stereocenters. The van der Waals surface area contributed by atoms with Crippen molar-refractivity contribution in [3.8, 4) is 0 Å². The fraction of sp³-hybridized carbons (Fsp3) is 0.452. The van der Waals surface area contributed by atoms with Crippen molar-refractivity contribution in [1.29, 1.82) is 0 Å². The Kier molecular flexibility index (Phi) is 14.4. The second-order valence-corrected chi connectivity index (χ2v) is 11.3. The predicted molar refractivity (Wildman–Crippen MR) is 154 cm³/mol. The summed E-state index contributed by atoms with van der Waals surface area (Å²) >= 11 is 0. The zero-order valence-corrected chi connectivity index (χ0v) is 24.1. The zero-order chi connectivity index (χ0) is 28.5. The summed E-state index contributed by atoms with van der Waals surface area (Å²) in [7, 11) is -4.31. The van der Waals surface area contributed by atoms with Gasteiger partial charge in [-0.25, -0.2) is 8.42 Å². The molecule has 0 saturated carbocycles. The fourth-order valence-electron chi connectivity index (χ4n) is 4.30. The first-order valence-electron chi connectivity index (χ1n) is 13.9. The number of hydrogen-bond donors (Lipinski definition) is 0. The Morgan fingerprint density at radius 3 is 1.79 bits per heavy atom. The molecule has 1 heterocycles. The van der Waals surface area contributed by atoms with Crippen molar-refractivity contribution in [2.24, 2.45) is 0 Å². The lowest BCUT2D eigenvalue weighted by Gasteiger charge is -2.08. The molecule has 1 aromatic heterocycles. The third-order valence-corrected chi connectivity index (χ3v) is 7.55. The lowest BCUT2D eigenvalue weighted by atomic mass is 10.0. The molecule has 2 aromatic carbocycles. The molecule has 0 radical (unpaired) electrons. The molecule has 0 amide bonds. The molecule has 0 fully saturated rings. The fourth-order valence-corrected chi connectivity index (χ4v) is 4.77. The smallest absolute Gasteiger partial charge is 0.269 e. The number of pyridine rings is 1. The number of unbranched alkanes of at least 4 members (excludes halogenated alkanes) is 9. The van der Waals surface area contributed by atoms with E-state index in [1.54, 1.807) is 24.3 Å². The van der Waals surface area contributed by atoms with Crippen LogP contribution in [0.4, 0.5) is 5.69 Å². The van der Waals surface area contributed by atoms with Crippen molar-refractivity contribution < 1.29 is 22.5 Å². The van der Waals surface area contributed by atoms with Gasteiger partial charge in [-0.05, 0) is 42.7 Å². The summed E-state index contributed by atoms with van der Waals surface area (Å²) in [5.74, 6) is 0. The molecule has 39 heavy (non-hydrogen) atoms. The van der Waals surface area contributed by atoms with Crippen molar-refractivity contribution in [3.05, 3.63) is 99.9 Å².